The Bertz CT molecular complexity index is 889. The Morgan fingerprint density at radius 1 is 1.32 bits per heavy atom. The molecule has 2 aromatic rings. The lowest BCUT2D eigenvalue weighted by Gasteiger charge is -2.41. The predicted molar refractivity (Wildman–Crippen MR) is 108 cm³/mol. The first-order valence-electron chi connectivity index (χ1n) is 9.42. The highest BCUT2D eigenvalue weighted by Crippen LogP contribution is 2.35. The summed E-state index contributed by atoms with van der Waals surface area (Å²) < 4.78 is 6.41. The van der Waals surface area contributed by atoms with E-state index in [2.05, 4.69) is 22.2 Å². The van der Waals surface area contributed by atoms with Gasteiger partial charge in [-0.15, -0.1) is 11.3 Å². The van der Waals surface area contributed by atoms with Gasteiger partial charge in [-0.25, -0.2) is 4.98 Å². The number of benzene rings is 1. The third kappa shape index (κ3) is 3.88. The molecule has 1 saturated heterocycles. The number of ether oxygens (including phenoxy) is 1. The number of carbonyl (C=O) groups excluding carboxylic acids is 2. The molecule has 2 amide bonds. The van der Waals surface area contributed by atoms with Crippen LogP contribution in [0.5, 0.6) is 5.75 Å². The molecule has 1 N–H and O–H groups in total. The number of hydrogen-bond acceptors (Lipinski definition) is 6. The highest BCUT2D eigenvalue weighted by Gasteiger charge is 2.42. The molecule has 7 nitrogen and oxygen atoms in total. The minimum Gasteiger partial charge on any atom is -0.484 e. The molecule has 1 fully saturated rings. The van der Waals surface area contributed by atoms with E-state index in [-0.39, 0.29) is 18.4 Å². The van der Waals surface area contributed by atoms with Gasteiger partial charge in [0.25, 0.3) is 5.91 Å². The first kappa shape index (κ1) is 18.9. The van der Waals surface area contributed by atoms with Crippen molar-refractivity contribution in [2.24, 2.45) is 0 Å². The smallest absolute Gasteiger partial charge is 0.258 e. The largest absolute Gasteiger partial charge is 0.484 e. The van der Waals surface area contributed by atoms with Crippen LogP contribution in [0.3, 0.4) is 0 Å². The molecule has 148 valence electrons. The minimum atomic E-state index is -0.465. The van der Waals surface area contributed by atoms with Crippen LogP contribution >= 0.6 is 11.3 Å². The van der Waals surface area contributed by atoms with Gasteiger partial charge in [0.15, 0.2) is 5.13 Å². The first-order valence-corrected chi connectivity index (χ1v) is 10.3. The minimum absolute atomic E-state index is 0.0211. The van der Waals surface area contributed by atoms with Gasteiger partial charge in [-0.1, -0.05) is 12.1 Å². The molecule has 28 heavy (non-hydrogen) atoms. The summed E-state index contributed by atoms with van der Waals surface area (Å²) in [6.45, 7) is 4.05. The van der Waals surface area contributed by atoms with Crippen LogP contribution in [-0.4, -0.2) is 65.4 Å². The summed E-state index contributed by atoms with van der Waals surface area (Å²) in [7, 11) is 2.09. The standard InChI is InChI=1S/C20H24N4O3S/c1-14-12-28-19(21-14)22-17(25)11-24-13-20(7-9-23(2)10-8-20)27-16-6-4-3-5-15(16)18(24)26/h3-6,12H,7-11,13H2,1-2H3,(H,21,22,25). The Hall–Kier alpha value is -2.45. The maximum atomic E-state index is 13.2. The van der Waals surface area contributed by atoms with Crippen LogP contribution in [0.1, 0.15) is 28.9 Å². The first-order chi connectivity index (χ1) is 13.4. The topological polar surface area (TPSA) is 74.8 Å². The Morgan fingerprint density at radius 2 is 2.07 bits per heavy atom. The van der Waals surface area contributed by atoms with Gasteiger partial charge in [-0.05, 0) is 26.1 Å². The number of nitrogens with one attached hydrogen (secondary N) is 1. The molecule has 0 unspecified atom stereocenters. The lowest BCUT2D eigenvalue weighted by molar-refractivity contribution is -0.117. The fraction of sp³-hybridized carbons (Fsp3) is 0.450. The summed E-state index contributed by atoms with van der Waals surface area (Å²) in [4.78, 5) is 33.9. The zero-order valence-corrected chi connectivity index (χ0v) is 16.9. The van der Waals surface area contributed by atoms with Gasteiger partial charge < -0.3 is 19.9 Å². The van der Waals surface area contributed by atoms with E-state index >= 15 is 0 Å². The number of anilines is 1. The van der Waals surface area contributed by atoms with Crippen molar-refractivity contribution in [2.75, 3.05) is 38.5 Å². The number of fused-ring (bicyclic) bond motifs is 1. The Labute approximate surface area is 168 Å². The molecule has 0 atom stereocenters. The molecule has 3 heterocycles. The molecule has 0 radical (unpaired) electrons. The lowest BCUT2D eigenvalue weighted by Crippen LogP contribution is -2.54. The van der Waals surface area contributed by atoms with Gasteiger partial charge in [-0.2, -0.15) is 0 Å². The van der Waals surface area contributed by atoms with Crippen LogP contribution in [0.25, 0.3) is 0 Å². The van der Waals surface area contributed by atoms with Crippen molar-refractivity contribution < 1.29 is 14.3 Å². The monoisotopic (exact) mass is 400 g/mol. The number of aromatic nitrogens is 1. The van der Waals surface area contributed by atoms with E-state index < -0.39 is 5.60 Å². The molecule has 1 aromatic heterocycles. The fourth-order valence-electron chi connectivity index (χ4n) is 3.75. The zero-order valence-electron chi connectivity index (χ0n) is 16.1. The highest BCUT2D eigenvalue weighted by molar-refractivity contribution is 7.13. The van der Waals surface area contributed by atoms with Gasteiger partial charge in [0.05, 0.1) is 17.8 Å². The number of hydrogen-bond donors (Lipinski definition) is 1. The molecular formula is C20H24N4O3S. The van der Waals surface area contributed by atoms with Crippen molar-refractivity contribution in [3.8, 4) is 5.75 Å². The summed E-state index contributed by atoms with van der Waals surface area (Å²) in [6.07, 6.45) is 1.63. The number of nitrogens with zero attached hydrogens (tertiary/aromatic N) is 3. The number of piperidine rings is 1. The van der Waals surface area contributed by atoms with Gasteiger partial charge >= 0.3 is 0 Å². The number of carbonyl (C=O) groups is 2. The molecule has 8 heteroatoms. The van der Waals surface area contributed by atoms with E-state index in [1.54, 1.807) is 11.0 Å². The number of rotatable bonds is 3. The predicted octanol–water partition coefficient (Wildman–Crippen LogP) is 2.39. The molecular weight excluding hydrogens is 376 g/mol. The molecule has 1 aromatic carbocycles. The normalized spacial score (nSPS) is 19.1. The van der Waals surface area contributed by atoms with E-state index in [0.29, 0.717) is 23.0 Å². The maximum absolute atomic E-state index is 13.2. The summed E-state index contributed by atoms with van der Waals surface area (Å²) in [5.41, 5.74) is 0.905. The van der Waals surface area contributed by atoms with Crippen molar-refractivity contribution in [2.45, 2.75) is 25.4 Å². The van der Waals surface area contributed by atoms with Crippen LogP contribution in [-0.2, 0) is 4.79 Å². The van der Waals surface area contributed by atoms with Crippen molar-refractivity contribution in [3.63, 3.8) is 0 Å². The Kier molecular flexibility index (Phi) is 5.07. The average molecular weight is 401 g/mol. The Morgan fingerprint density at radius 3 is 2.79 bits per heavy atom. The molecule has 4 rings (SSSR count). The molecule has 0 bridgehead atoms. The summed E-state index contributed by atoms with van der Waals surface area (Å²) in [5, 5.41) is 5.23. The highest BCUT2D eigenvalue weighted by atomic mass is 32.1. The molecule has 2 aliphatic heterocycles. The number of amides is 2. The van der Waals surface area contributed by atoms with E-state index in [4.69, 9.17) is 4.74 Å². The van der Waals surface area contributed by atoms with Gasteiger partial charge in [0, 0.05) is 31.3 Å². The molecule has 0 saturated carbocycles. The van der Waals surface area contributed by atoms with Crippen molar-refractivity contribution in [3.05, 3.63) is 40.9 Å². The second-order valence-electron chi connectivity index (χ2n) is 7.59. The van der Waals surface area contributed by atoms with E-state index in [0.717, 1.165) is 31.6 Å². The van der Waals surface area contributed by atoms with Crippen molar-refractivity contribution >= 4 is 28.3 Å². The Balaban J connectivity index is 1.58. The molecule has 0 aliphatic carbocycles. The second kappa shape index (κ2) is 7.52. The molecule has 1 spiro atoms. The third-order valence-electron chi connectivity index (χ3n) is 5.31. The zero-order chi connectivity index (χ0) is 19.7. The number of para-hydroxylation sites is 1. The lowest BCUT2D eigenvalue weighted by atomic mass is 9.90. The molecule has 2 aliphatic rings. The summed E-state index contributed by atoms with van der Waals surface area (Å²) >= 11 is 1.38. The fourth-order valence-corrected chi connectivity index (χ4v) is 4.45. The third-order valence-corrected chi connectivity index (χ3v) is 6.18. The number of likely N-dealkylation sites (tertiary alicyclic amines) is 1. The van der Waals surface area contributed by atoms with Crippen molar-refractivity contribution in [1.82, 2.24) is 14.8 Å². The van der Waals surface area contributed by atoms with Crippen molar-refractivity contribution in [1.29, 1.82) is 0 Å². The van der Waals surface area contributed by atoms with Gasteiger partial charge in [-0.3, -0.25) is 9.59 Å². The summed E-state index contributed by atoms with van der Waals surface area (Å²) in [6, 6.07) is 7.31. The quantitative estimate of drug-likeness (QED) is 0.856. The van der Waals surface area contributed by atoms with E-state index in [1.165, 1.54) is 11.3 Å². The summed E-state index contributed by atoms with van der Waals surface area (Å²) in [5.74, 6) is 0.192. The number of thiazole rings is 1. The second-order valence-corrected chi connectivity index (χ2v) is 8.45. The van der Waals surface area contributed by atoms with Crippen LogP contribution < -0.4 is 10.1 Å². The van der Waals surface area contributed by atoms with Gasteiger partial charge in [0.2, 0.25) is 5.91 Å². The number of aryl methyl sites for hydroxylation is 1. The van der Waals surface area contributed by atoms with Gasteiger partial charge in [0.1, 0.15) is 17.9 Å². The van der Waals surface area contributed by atoms with Crippen LogP contribution in [0, 0.1) is 6.92 Å². The SMILES string of the molecule is Cc1csc(NC(=O)CN2CC3(CCN(C)CC3)Oc3ccccc3C2=O)n1. The van der Waals surface area contributed by atoms with Crippen LogP contribution in [0.15, 0.2) is 29.6 Å². The average Bonchev–Trinajstić information content (AvgIpc) is 3.03. The van der Waals surface area contributed by atoms with E-state index in [9.17, 15) is 9.59 Å². The van der Waals surface area contributed by atoms with Crippen LogP contribution in [0.4, 0.5) is 5.13 Å². The van der Waals surface area contributed by atoms with Crippen LogP contribution in [0.2, 0.25) is 0 Å². The van der Waals surface area contributed by atoms with E-state index in [1.807, 2.05) is 30.5 Å². The maximum Gasteiger partial charge on any atom is 0.258 e.